The molecule has 0 aromatic carbocycles. The maximum Gasteiger partial charge on any atom is 0.310 e. The standard InChI is InChI=1S/C20H36O4/c1-5-7-10-15(6-2)18(13-14(3)4)24-20(23)17-12-9-8-11-16(17)19(21)22/h14-18H,5-13H2,1-4H3,(H,21,22). The van der Waals surface area contributed by atoms with E-state index < -0.39 is 17.8 Å². The van der Waals surface area contributed by atoms with E-state index in [4.69, 9.17) is 4.74 Å². The molecule has 0 aromatic heterocycles. The van der Waals surface area contributed by atoms with Crippen molar-refractivity contribution in [2.75, 3.05) is 0 Å². The largest absolute Gasteiger partial charge is 0.481 e. The number of esters is 1. The first-order valence-electron chi connectivity index (χ1n) is 9.83. The summed E-state index contributed by atoms with van der Waals surface area (Å²) >= 11 is 0. The van der Waals surface area contributed by atoms with Gasteiger partial charge in [-0.2, -0.15) is 0 Å². The number of carboxylic acid groups (broad SMARTS) is 1. The SMILES string of the molecule is CCCCC(CC)C(CC(C)C)OC(=O)C1CCCCC1C(=O)O. The van der Waals surface area contributed by atoms with Gasteiger partial charge in [-0.3, -0.25) is 9.59 Å². The van der Waals surface area contributed by atoms with Gasteiger partial charge in [0.2, 0.25) is 0 Å². The van der Waals surface area contributed by atoms with Crippen LogP contribution in [0.3, 0.4) is 0 Å². The van der Waals surface area contributed by atoms with Crippen molar-refractivity contribution in [1.82, 2.24) is 0 Å². The minimum absolute atomic E-state index is 0.0783. The molecular weight excluding hydrogens is 304 g/mol. The number of carboxylic acids is 1. The Kier molecular flexibility index (Phi) is 9.38. The number of hydrogen-bond donors (Lipinski definition) is 1. The Labute approximate surface area is 147 Å². The van der Waals surface area contributed by atoms with Gasteiger partial charge in [0.15, 0.2) is 0 Å². The minimum Gasteiger partial charge on any atom is -0.481 e. The van der Waals surface area contributed by atoms with Gasteiger partial charge < -0.3 is 9.84 Å². The average Bonchev–Trinajstić information content (AvgIpc) is 2.54. The maximum absolute atomic E-state index is 12.7. The number of rotatable bonds is 10. The normalized spacial score (nSPS) is 23.7. The van der Waals surface area contributed by atoms with Crippen LogP contribution in [0.4, 0.5) is 0 Å². The quantitative estimate of drug-likeness (QED) is 0.565. The summed E-state index contributed by atoms with van der Waals surface area (Å²) < 4.78 is 5.93. The molecule has 0 spiro atoms. The monoisotopic (exact) mass is 340 g/mol. The molecule has 4 atom stereocenters. The van der Waals surface area contributed by atoms with Crippen LogP contribution in [-0.4, -0.2) is 23.1 Å². The van der Waals surface area contributed by atoms with Gasteiger partial charge in [-0.1, -0.05) is 53.4 Å². The van der Waals surface area contributed by atoms with E-state index in [-0.39, 0.29) is 12.1 Å². The van der Waals surface area contributed by atoms with E-state index in [1.165, 1.54) is 0 Å². The Morgan fingerprint density at radius 2 is 1.75 bits per heavy atom. The molecule has 4 unspecified atom stereocenters. The van der Waals surface area contributed by atoms with Crippen LogP contribution in [0, 0.1) is 23.7 Å². The first kappa shape index (κ1) is 21.0. The van der Waals surface area contributed by atoms with Crippen LogP contribution in [0.2, 0.25) is 0 Å². The summed E-state index contributed by atoms with van der Waals surface area (Å²) in [5, 5.41) is 9.40. The van der Waals surface area contributed by atoms with Gasteiger partial charge in [0.05, 0.1) is 11.8 Å². The second-order valence-corrected chi connectivity index (χ2v) is 7.75. The third-order valence-electron chi connectivity index (χ3n) is 5.34. The molecule has 0 bridgehead atoms. The molecule has 0 radical (unpaired) electrons. The van der Waals surface area contributed by atoms with Crippen molar-refractivity contribution in [3.63, 3.8) is 0 Å². The summed E-state index contributed by atoms with van der Waals surface area (Å²) in [7, 11) is 0. The smallest absolute Gasteiger partial charge is 0.310 e. The second kappa shape index (κ2) is 10.7. The lowest BCUT2D eigenvalue weighted by atomic mass is 9.79. The van der Waals surface area contributed by atoms with Crippen molar-refractivity contribution in [3.05, 3.63) is 0 Å². The number of aliphatic carboxylic acids is 1. The molecule has 0 aromatic rings. The van der Waals surface area contributed by atoms with Crippen molar-refractivity contribution in [1.29, 1.82) is 0 Å². The van der Waals surface area contributed by atoms with Crippen molar-refractivity contribution in [2.45, 2.75) is 91.6 Å². The fourth-order valence-corrected chi connectivity index (χ4v) is 3.87. The highest BCUT2D eigenvalue weighted by molar-refractivity contribution is 5.81. The van der Waals surface area contributed by atoms with Crippen LogP contribution in [0.1, 0.15) is 85.5 Å². The Morgan fingerprint density at radius 3 is 2.25 bits per heavy atom. The molecule has 1 N–H and O–H groups in total. The predicted octanol–water partition coefficient (Wildman–Crippen LogP) is 5.05. The molecule has 1 aliphatic rings. The summed E-state index contributed by atoms with van der Waals surface area (Å²) in [6.07, 6.45) is 8.20. The molecule has 0 amide bonds. The highest BCUT2D eigenvalue weighted by Gasteiger charge is 2.38. The second-order valence-electron chi connectivity index (χ2n) is 7.75. The Bertz CT molecular complexity index is 391. The number of carbonyl (C=O) groups is 2. The van der Waals surface area contributed by atoms with Crippen LogP contribution >= 0.6 is 0 Å². The molecule has 1 aliphatic carbocycles. The van der Waals surface area contributed by atoms with Gasteiger partial charge in [0.25, 0.3) is 0 Å². The Morgan fingerprint density at radius 1 is 1.12 bits per heavy atom. The summed E-state index contributed by atoms with van der Waals surface area (Å²) in [6, 6.07) is 0. The third-order valence-corrected chi connectivity index (χ3v) is 5.34. The van der Waals surface area contributed by atoms with Crippen molar-refractivity contribution < 1.29 is 19.4 Å². The molecule has 0 saturated heterocycles. The molecule has 4 nitrogen and oxygen atoms in total. The molecule has 1 fully saturated rings. The van der Waals surface area contributed by atoms with E-state index in [1.54, 1.807) is 0 Å². The number of ether oxygens (including phenoxy) is 1. The van der Waals surface area contributed by atoms with E-state index in [1.807, 2.05) is 0 Å². The fourth-order valence-electron chi connectivity index (χ4n) is 3.87. The summed E-state index contributed by atoms with van der Waals surface area (Å²) in [4.78, 5) is 24.2. The maximum atomic E-state index is 12.7. The van der Waals surface area contributed by atoms with E-state index in [2.05, 4.69) is 27.7 Å². The molecule has 0 heterocycles. The van der Waals surface area contributed by atoms with E-state index in [0.29, 0.717) is 24.7 Å². The lowest BCUT2D eigenvalue weighted by molar-refractivity contribution is -0.166. The molecule has 0 aliphatic heterocycles. The van der Waals surface area contributed by atoms with Crippen LogP contribution in [0.5, 0.6) is 0 Å². The zero-order valence-corrected chi connectivity index (χ0v) is 15.9. The van der Waals surface area contributed by atoms with Gasteiger partial charge in [0, 0.05) is 0 Å². The highest BCUT2D eigenvalue weighted by atomic mass is 16.5. The fraction of sp³-hybridized carbons (Fsp3) is 0.900. The van der Waals surface area contributed by atoms with Gasteiger partial charge in [-0.15, -0.1) is 0 Å². The highest BCUT2D eigenvalue weighted by Crippen LogP contribution is 2.33. The first-order valence-corrected chi connectivity index (χ1v) is 9.83. The zero-order chi connectivity index (χ0) is 18.1. The average molecular weight is 341 g/mol. The van der Waals surface area contributed by atoms with Gasteiger partial charge in [-0.25, -0.2) is 0 Å². The van der Waals surface area contributed by atoms with Gasteiger partial charge in [0.1, 0.15) is 6.10 Å². The molecule has 140 valence electrons. The Balaban J connectivity index is 2.79. The molecule has 4 heteroatoms. The van der Waals surface area contributed by atoms with Crippen LogP contribution < -0.4 is 0 Å². The molecular formula is C20H36O4. The predicted molar refractivity (Wildman–Crippen MR) is 95.7 cm³/mol. The van der Waals surface area contributed by atoms with Crippen LogP contribution in [-0.2, 0) is 14.3 Å². The van der Waals surface area contributed by atoms with Gasteiger partial charge in [-0.05, 0) is 43.9 Å². The van der Waals surface area contributed by atoms with E-state index in [9.17, 15) is 14.7 Å². The molecule has 1 rings (SSSR count). The van der Waals surface area contributed by atoms with Crippen molar-refractivity contribution >= 4 is 11.9 Å². The number of unbranched alkanes of at least 4 members (excludes halogenated alkanes) is 1. The van der Waals surface area contributed by atoms with E-state index in [0.717, 1.165) is 44.9 Å². The number of carbonyl (C=O) groups excluding carboxylic acids is 1. The van der Waals surface area contributed by atoms with Crippen molar-refractivity contribution in [3.8, 4) is 0 Å². The molecule has 1 saturated carbocycles. The third kappa shape index (κ3) is 6.45. The van der Waals surface area contributed by atoms with E-state index >= 15 is 0 Å². The Hall–Kier alpha value is -1.06. The minimum atomic E-state index is -0.852. The topological polar surface area (TPSA) is 63.6 Å². The van der Waals surface area contributed by atoms with Gasteiger partial charge >= 0.3 is 11.9 Å². The van der Waals surface area contributed by atoms with Crippen LogP contribution in [0.15, 0.2) is 0 Å². The first-order chi connectivity index (χ1) is 11.4. The zero-order valence-electron chi connectivity index (χ0n) is 15.9. The molecule has 24 heavy (non-hydrogen) atoms. The lowest BCUT2D eigenvalue weighted by Crippen LogP contribution is -2.37. The van der Waals surface area contributed by atoms with Crippen molar-refractivity contribution in [2.24, 2.45) is 23.7 Å². The summed E-state index contributed by atoms with van der Waals surface area (Å²) in [6.45, 7) is 8.62. The summed E-state index contributed by atoms with van der Waals surface area (Å²) in [5.41, 5.74) is 0. The summed E-state index contributed by atoms with van der Waals surface area (Å²) in [5.74, 6) is -1.32. The number of hydrogen-bond acceptors (Lipinski definition) is 3. The van der Waals surface area contributed by atoms with Crippen LogP contribution in [0.25, 0.3) is 0 Å². The lowest BCUT2D eigenvalue weighted by Gasteiger charge is -2.32.